The van der Waals surface area contributed by atoms with Crippen LogP contribution in [0.3, 0.4) is 0 Å². The maximum Gasteiger partial charge on any atom is 0.292 e. The van der Waals surface area contributed by atoms with E-state index < -0.39 is 11.6 Å². The highest BCUT2D eigenvalue weighted by molar-refractivity contribution is 6.00. The second-order valence-electron chi connectivity index (χ2n) is 7.85. The van der Waals surface area contributed by atoms with Crippen molar-refractivity contribution < 1.29 is 18.9 Å². The highest BCUT2D eigenvalue weighted by atomic mass is 16.5. The van der Waals surface area contributed by atoms with Crippen molar-refractivity contribution >= 4 is 17.7 Å². The Morgan fingerprint density at radius 1 is 1.37 bits per heavy atom. The number of carbonyl (C=O) groups excluding carboxylic acids is 3. The van der Waals surface area contributed by atoms with Crippen LogP contribution in [0.1, 0.15) is 57.0 Å². The molecular weight excluding hydrogens is 348 g/mol. The number of carbonyl (C=O) groups is 3. The van der Waals surface area contributed by atoms with Gasteiger partial charge in [0.2, 0.25) is 17.6 Å². The van der Waals surface area contributed by atoms with Crippen molar-refractivity contribution in [3.05, 3.63) is 18.0 Å². The van der Waals surface area contributed by atoms with Gasteiger partial charge in [0.25, 0.3) is 5.91 Å². The van der Waals surface area contributed by atoms with Gasteiger partial charge >= 0.3 is 0 Å². The number of rotatable bonds is 5. The average Bonchev–Trinajstić information content (AvgIpc) is 3.18. The summed E-state index contributed by atoms with van der Waals surface area (Å²) < 4.78 is 4.95. The fourth-order valence-corrected chi connectivity index (χ4v) is 4.11. The van der Waals surface area contributed by atoms with Crippen LogP contribution in [0.15, 0.2) is 16.8 Å². The summed E-state index contributed by atoms with van der Waals surface area (Å²) in [7, 11) is 0. The van der Waals surface area contributed by atoms with E-state index in [9.17, 15) is 14.4 Å². The lowest BCUT2D eigenvalue weighted by molar-refractivity contribution is -0.161. The van der Waals surface area contributed by atoms with E-state index in [0.717, 1.165) is 6.42 Å². The molecule has 27 heavy (non-hydrogen) atoms. The van der Waals surface area contributed by atoms with Crippen LogP contribution < -0.4 is 5.32 Å². The number of piperazine rings is 1. The molecule has 3 heterocycles. The van der Waals surface area contributed by atoms with E-state index in [1.54, 1.807) is 9.80 Å². The van der Waals surface area contributed by atoms with Gasteiger partial charge in [-0.25, -0.2) is 0 Å². The molecule has 148 valence electrons. The lowest BCUT2D eigenvalue weighted by atomic mass is 9.80. The van der Waals surface area contributed by atoms with Crippen molar-refractivity contribution in [2.24, 2.45) is 5.92 Å². The number of hydrogen-bond donors (Lipinski definition) is 1. The number of aromatic nitrogens is 1. The molecule has 1 aromatic rings. The number of piperidine rings is 1. The molecule has 1 spiro atoms. The van der Waals surface area contributed by atoms with Crippen LogP contribution in [-0.4, -0.2) is 63.9 Å². The zero-order valence-electron chi connectivity index (χ0n) is 16.2. The predicted octanol–water partition coefficient (Wildman–Crippen LogP) is 1.43. The fraction of sp³-hybridized carbons (Fsp3) is 0.684. The summed E-state index contributed by atoms with van der Waals surface area (Å²) in [4.78, 5) is 42.0. The molecule has 0 aliphatic carbocycles. The smallest absolute Gasteiger partial charge is 0.292 e. The number of nitrogens with one attached hydrogen (secondary N) is 1. The molecule has 1 aromatic heterocycles. The van der Waals surface area contributed by atoms with Crippen molar-refractivity contribution in [1.29, 1.82) is 0 Å². The Balaban J connectivity index is 1.77. The molecule has 1 N–H and O–H groups in total. The van der Waals surface area contributed by atoms with Crippen molar-refractivity contribution in [1.82, 2.24) is 20.3 Å². The van der Waals surface area contributed by atoms with Gasteiger partial charge in [-0.1, -0.05) is 25.9 Å². The number of nitrogens with zero attached hydrogens (tertiary/aromatic N) is 3. The van der Waals surface area contributed by atoms with Crippen molar-refractivity contribution in [3.8, 4) is 0 Å². The molecule has 3 rings (SSSR count). The van der Waals surface area contributed by atoms with Gasteiger partial charge in [0.05, 0.1) is 6.20 Å². The summed E-state index contributed by atoms with van der Waals surface area (Å²) in [6.07, 6.45) is 3.72. The monoisotopic (exact) mass is 376 g/mol. The third-order valence-electron chi connectivity index (χ3n) is 5.49. The van der Waals surface area contributed by atoms with Gasteiger partial charge in [0.15, 0.2) is 0 Å². The minimum atomic E-state index is -0.862. The van der Waals surface area contributed by atoms with Gasteiger partial charge in [-0.3, -0.25) is 14.4 Å². The fourth-order valence-electron chi connectivity index (χ4n) is 4.11. The van der Waals surface area contributed by atoms with Crippen molar-refractivity contribution in [2.75, 3.05) is 19.6 Å². The summed E-state index contributed by atoms with van der Waals surface area (Å²) in [5, 5.41) is 6.53. The summed E-state index contributed by atoms with van der Waals surface area (Å²) in [5.74, 6) is 0.188. The molecule has 3 amide bonds. The highest BCUT2D eigenvalue weighted by Gasteiger charge is 2.53. The number of amides is 3. The zero-order chi connectivity index (χ0) is 19.6. The Morgan fingerprint density at radius 3 is 2.63 bits per heavy atom. The summed E-state index contributed by atoms with van der Waals surface area (Å²) >= 11 is 0. The minimum Gasteiger partial charge on any atom is -0.351 e. The summed E-state index contributed by atoms with van der Waals surface area (Å²) in [6, 6.07) is 1.08. The van der Waals surface area contributed by atoms with Gasteiger partial charge in [-0.15, -0.1) is 0 Å². The first-order valence-corrected chi connectivity index (χ1v) is 9.71. The Morgan fingerprint density at radius 2 is 2.07 bits per heavy atom. The minimum absolute atomic E-state index is 0.000149. The van der Waals surface area contributed by atoms with Gasteiger partial charge < -0.3 is 19.6 Å². The normalized spacial score (nSPS) is 22.4. The quantitative estimate of drug-likeness (QED) is 0.839. The SMILES string of the molecule is CCCN1C(=O)C(CC(C)C)NC(=O)C12CCN(C(=O)c1ccno1)CC2. The Kier molecular flexibility index (Phi) is 5.53. The molecule has 0 radical (unpaired) electrons. The van der Waals surface area contributed by atoms with E-state index >= 15 is 0 Å². The first kappa shape index (κ1) is 19.4. The zero-order valence-corrected chi connectivity index (χ0v) is 16.2. The van der Waals surface area contributed by atoms with Gasteiger partial charge in [-0.2, -0.15) is 0 Å². The second kappa shape index (κ2) is 7.70. The molecule has 2 aliphatic heterocycles. The maximum absolute atomic E-state index is 13.1. The summed E-state index contributed by atoms with van der Waals surface area (Å²) in [5.41, 5.74) is -0.862. The van der Waals surface area contributed by atoms with Crippen LogP contribution in [0.25, 0.3) is 0 Å². The molecule has 0 saturated carbocycles. The summed E-state index contributed by atoms with van der Waals surface area (Å²) in [6.45, 7) is 7.44. The maximum atomic E-state index is 13.1. The average molecular weight is 376 g/mol. The van der Waals surface area contributed by atoms with Crippen LogP contribution in [0.4, 0.5) is 0 Å². The Bertz CT molecular complexity index is 693. The van der Waals surface area contributed by atoms with Crippen molar-refractivity contribution in [3.63, 3.8) is 0 Å². The van der Waals surface area contributed by atoms with Crippen LogP contribution in [0.2, 0.25) is 0 Å². The molecule has 2 aliphatic rings. The van der Waals surface area contributed by atoms with Crippen LogP contribution in [0.5, 0.6) is 0 Å². The van der Waals surface area contributed by atoms with Crippen LogP contribution in [0, 0.1) is 5.92 Å². The van der Waals surface area contributed by atoms with E-state index in [2.05, 4.69) is 10.5 Å². The molecular formula is C19H28N4O4. The second-order valence-corrected chi connectivity index (χ2v) is 7.85. The Labute approximate surface area is 159 Å². The largest absolute Gasteiger partial charge is 0.351 e. The molecule has 1 unspecified atom stereocenters. The molecule has 0 aromatic carbocycles. The predicted molar refractivity (Wildman–Crippen MR) is 97.8 cm³/mol. The molecule has 8 heteroatoms. The standard InChI is InChI=1S/C19H28N4O4/c1-4-9-23-16(24)14(12-13(2)3)21-18(26)19(23)6-10-22(11-7-19)17(25)15-5-8-20-27-15/h5,8,13-14H,4,6-7,9-12H2,1-3H3,(H,21,26). The third kappa shape index (κ3) is 3.57. The highest BCUT2D eigenvalue weighted by Crippen LogP contribution is 2.34. The van der Waals surface area contributed by atoms with Crippen LogP contribution in [-0.2, 0) is 9.59 Å². The van der Waals surface area contributed by atoms with Crippen LogP contribution >= 0.6 is 0 Å². The lowest BCUT2D eigenvalue weighted by Gasteiger charge is -2.51. The first-order valence-electron chi connectivity index (χ1n) is 9.71. The lowest BCUT2D eigenvalue weighted by Crippen LogP contribution is -2.73. The molecule has 2 fully saturated rings. The molecule has 0 bridgehead atoms. The van der Waals surface area contributed by atoms with E-state index in [4.69, 9.17) is 4.52 Å². The van der Waals surface area contributed by atoms with Crippen molar-refractivity contribution in [2.45, 2.75) is 58.0 Å². The number of likely N-dealkylation sites (tertiary alicyclic amines) is 1. The van der Waals surface area contributed by atoms with E-state index in [1.807, 2.05) is 20.8 Å². The number of hydrogen-bond acceptors (Lipinski definition) is 5. The van der Waals surface area contributed by atoms with E-state index in [1.165, 1.54) is 12.3 Å². The first-order chi connectivity index (χ1) is 12.9. The topological polar surface area (TPSA) is 95.8 Å². The molecule has 8 nitrogen and oxygen atoms in total. The van der Waals surface area contributed by atoms with Gasteiger partial charge in [0, 0.05) is 25.7 Å². The third-order valence-corrected chi connectivity index (χ3v) is 5.49. The molecule has 2 saturated heterocycles. The molecule has 1 atom stereocenters. The van der Waals surface area contributed by atoms with E-state index in [-0.39, 0.29) is 23.5 Å². The van der Waals surface area contributed by atoms with E-state index in [0.29, 0.717) is 44.8 Å². The van der Waals surface area contributed by atoms with Gasteiger partial charge in [0.1, 0.15) is 11.6 Å². The Hall–Kier alpha value is -2.38. The van der Waals surface area contributed by atoms with Gasteiger partial charge in [-0.05, 0) is 31.6 Å².